The zero-order valence-electron chi connectivity index (χ0n) is 14.4. The minimum Gasteiger partial charge on any atom is -0.334 e. The summed E-state index contributed by atoms with van der Waals surface area (Å²) in [5, 5.41) is 8.19. The normalized spacial score (nSPS) is 22.0. The molecule has 2 aromatic heterocycles. The van der Waals surface area contributed by atoms with Crippen molar-refractivity contribution in [1.29, 1.82) is 0 Å². The van der Waals surface area contributed by atoms with Crippen molar-refractivity contribution in [2.75, 3.05) is 27.2 Å². The zero-order chi connectivity index (χ0) is 16.7. The van der Waals surface area contributed by atoms with E-state index in [0.717, 1.165) is 25.2 Å². The first-order valence-electron chi connectivity index (χ1n) is 8.26. The third kappa shape index (κ3) is 2.70. The van der Waals surface area contributed by atoms with Crippen LogP contribution < -0.4 is 0 Å². The smallest absolute Gasteiger partial charge is 0.0955 e. The molecule has 0 radical (unpaired) electrons. The molecule has 2 atom stereocenters. The lowest BCUT2D eigenvalue weighted by Gasteiger charge is -2.24. The van der Waals surface area contributed by atoms with Crippen LogP contribution >= 0.6 is 0 Å². The Bertz CT molecular complexity index is 821. The Morgan fingerprint density at radius 2 is 2.12 bits per heavy atom. The van der Waals surface area contributed by atoms with Gasteiger partial charge in [-0.2, -0.15) is 0 Å². The molecule has 1 aromatic carbocycles. The van der Waals surface area contributed by atoms with Gasteiger partial charge in [-0.05, 0) is 31.8 Å². The first-order valence-corrected chi connectivity index (χ1v) is 8.26. The van der Waals surface area contributed by atoms with Gasteiger partial charge in [-0.15, -0.1) is 5.10 Å². The molecule has 24 heavy (non-hydrogen) atoms. The molecule has 0 saturated carbocycles. The molecule has 1 aliphatic rings. The summed E-state index contributed by atoms with van der Waals surface area (Å²) in [5.74, 6) is 0. The van der Waals surface area contributed by atoms with E-state index in [4.69, 9.17) is 0 Å². The topological polar surface area (TPSA) is 55.0 Å². The van der Waals surface area contributed by atoms with E-state index in [9.17, 15) is 0 Å². The Balaban J connectivity index is 1.53. The van der Waals surface area contributed by atoms with Gasteiger partial charge in [-0.25, -0.2) is 9.67 Å². The number of fused-ring (bicyclic) bond motifs is 1. The summed E-state index contributed by atoms with van der Waals surface area (Å²) in [6.07, 6.45) is 5.59. The van der Waals surface area contributed by atoms with Crippen LogP contribution in [0, 0.1) is 0 Å². The lowest BCUT2D eigenvalue weighted by molar-refractivity contribution is 0.237. The SMILES string of the molecule is CN(C)[C@@H]1CN(Cc2ccc3c(c2)ncn3C)C[C@@H]1n1ccnn1. The number of hydrogen-bond donors (Lipinski definition) is 0. The molecule has 7 heteroatoms. The van der Waals surface area contributed by atoms with Crippen molar-refractivity contribution in [2.24, 2.45) is 7.05 Å². The Morgan fingerprint density at radius 1 is 1.25 bits per heavy atom. The third-order valence-electron chi connectivity index (χ3n) is 4.97. The summed E-state index contributed by atoms with van der Waals surface area (Å²) in [4.78, 5) is 9.24. The summed E-state index contributed by atoms with van der Waals surface area (Å²) in [6, 6.07) is 7.33. The van der Waals surface area contributed by atoms with E-state index in [1.807, 2.05) is 24.3 Å². The van der Waals surface area contributed by atoms with Crippen LogP contribution in [0.4, 0.5) is 0 Å². The predicted octanol–water partition coefficient (Wildman–Crippen LogP) is 1.15. The molecule has 1 aliphatic heterocycles. The maximum atomic E-state index is 4.47. The van der Waals surface area contributed by atoms with Gasteiger partial charge in [-0.3, -0.25) is 4.90 Å². The maximum Gasteiger partial charge on any atom is 0.0955 e. The minimum atomic E-state index is 0.334. The third-order valence-corrected chi connectivity index (χ3v) is 4.97. The van der Waals surface area contributed by atoms with Crippen molar-refractivity contribution in [1.82, 2.24) is 34.3 Å². The second kappa shape index (κ2) is 5.99. The van der Waals surface area contributed by atoms with Crippen molar-refractivity contribution in [2.45, 2.75) is 18.6 Å². The van der Waals surface area contributed by atoms with E-state index in [-0.39, 0.29) is 0 Å². The molecule has 0 bridgehead atoms. The lowest BCUT2D eigenvalue weighted by atomic mass is 10.1. The Hall–Kier alpha value is -2.25. The average Bonchev–Trinajstić information content (AvgIpc) is 3.27. The summed E-state index contributed by atoms with van der Waals surface area (Å²) in [7, 11) is 6.30. The number of nitrogens with zero attached hydrogens (tertiary/aromatic N) is 7. The largest absolute Gasteiger partial charge is 0.334 e. The molecular formula is C17H23N7. The second-order valence-electron chi connectivity index (χ2n) is 6.85. The van der Waals surface area contributed by atoms with Gasteiger partial charge in [0.1, 0.15) is 0 Å². The van der Waals surface area contributed by atoms with Gasteiger partial charge < -0.3 is 9.47 Å². The van der Waals surface area contributed by atoms with Crippen LogP contribution in [0.15, 0.2) is 36.9 Å². The van der Waals surface area contributed by atoms with Crippen LogP contribution in [-0.2, 0) is 13.6 Å². The molecule has 0 spiro atoms. The fourth-order valence-electron chi connectivity index (χ4n) is 3.68. The first kappa shape index (κ1) is 15.3. The maximum absolute atomic E-state index is 4.47. The van der Waals surface area contributed by atoms with Crippen molar-refractivity contribution >= 4 is 11.0 Å². The number of aromatic nitrogens is 5. The molecule has 0 amide bonds. The Labute approximate surface area is 141 Å². The van der Waals surface area contributed by atoms with Crippen molar-refractivity contribution in [3.8, 4) is 0 Å². The van der Waals surface area contributed by atoms with Crippen molar-refractivity contribution < 1.29 is 0 Å². The molecule has 0 unspecified atom stereocenters. The molecule has 7 nitrogen and oxygen atoms in total. The van der Waals surface area contributed by atoms with Crippen LogP contribution in [0.2, 0.25) is 0 Å². The molecule has 0 aliphatic carbocycles. The Kier molecular flexibility index (Phi) is 3.82. The highest BCUT2D eigenvalue weighted by molar-refractivity contribution is 5.75. The van der Waals surface area contributed by atoms with Gasteiger partial charge in [0.15, 0.2) is 0 Å². The molecule has 126 valence electrons. The van der Waals surface area contributed by atoms with Gasteiger partial charge in [-0.1, -0.05) is 11.3 Å². The molecule has 1 fully saturated rings. The number of benzene rings is 1. The van der Waals surface area contributed by atoms with Crippen molar-refractivity contribution in [3.05, 3.63) is 42.5 Å². The van der Waals surface area contributed by atoms with Gasteiger partial charge in [0.2, 0.25) is 0 Å². The number of likely N-dealkylation sites (N-methyl/N-ethyl adjacent to an activating group) is 1. The van der Waals surface area contributed by atoms with Gasteiger partial charge in [0.25, 0.3) is 0 Å². The summed E-state index contributed by atoms with van der Waals surface area (Å²) >= 11 is 0. The van der Waals surface area contributed by atoms with Crippen LogP contribution in [0.5, 0.6) is 0 Å². The molecule has 3 heterocycles. The zero-order valence-corrected chi connectivity index (χ0v) is 14.4. The van der Waals surface area contributed by atoms with Crippen LogP contribution in [0.3, 0.4) is 0 Å². The van der Waals surface area contributed by atoms with E-state index in [1.165, 1.54) is 11.1 Å². The fraction of sp³-hybridized carbons (Fsp3) is 0.471. The highest BCUT2D eigenvalue weighted by Crippen LogP contribution is 2.26. The van der Waals surface area contributed by atoms with Gasteiger partial charge >= 0.3 is 0 Å². The Morgan fingerprint density at radius 3 is 2.88 bits per heavy atom. The van der Waals surface area contributed by atoms with Crippen molar-refractivity contribution in [3.63, 3.8) is 0 Å². The fourth-order valence-corrected chi connectivity index (χ4v) is 3.68. The second-order valence-corrected chi connectivity index (χ2v) is 6.85. The van der Waals surface area contributed by atoms with Gasteiger partial charge in [0, 0.05) is 38.9 Å². The molecule has 3 aromatic rings. The summed E-state index contributed by atoms with van der Waals surface area (Å²) in [6.45, 7) is 2.94. The number of hydrogen-bond acceptors (Lipinski definition) is 5. The van der Waals surface area contributed by atoms with E-state index in [1.54, 1.807) is 6.20 Å². The molecule has 4 rings (SSSR count). The monoisotopic (exact) mass is 325 g/mol. The number of imidazole rings is 1. The first-order chi connectivity index (χ1) is 11.6. The number of aryl methyl sites for hydroxylation is 1. The van der Waals surface area contributed by atoms with E-state index >= 15 is 0 Å². The van der Waals surface area contributed by atoms with Crippen LogP contribution in [0.1, 0.15) is 11.6 Å². The molecule has 0 N–H and O–H groups in total. The highest BCUT2D eigenvalue weighted by atomic mass is 15.5. The predicted molar refractivity (Wildman–Crippen MR) is 92.5 cm³/mol. The minimum absolute atomic E-state index is 0.334. The number of likely N-dealkylation sites (tertiary alicyclic amines) is 1. The van der Waals surface area contributed by atoms with E-state index in [0.29, 0.717) is 12.1 Å². The van der Waals surface area contributed by atoms with E-state index < -0.39 is 0 Å². The standard InChI is InChI=1S/C17H23N7/c1-21(2)16-10-23(11-17(16)24-7-6-19-20-24)9-13-4-5-15-14(8-13)18-12-22(15)3/h4-8,12,16-17H,9-11H2,1-3H3/t16-,17+/m1/s1. The van der Waals surface area contributed by atoms with Crippen LogP contribution in [0.25, 0.3) is 11.0 Å². The quantitative estimate of drug-likeness (QED) is 0.720. The number of rotatable bonds is 4. The molecule has 1 saturated heterocycles. The van der Waals surface area contributed by atoms with E-state index in [2.05, 4.69) is 62.0 Å². The van der Waals surface area contributed by atoms with Gasteiger partial charge in [0.05, 0.1) is 29.6 Å². The summed E-state index contributed by atoms with van der Waals surface area (Å²) < 4.78 is 4.05. The highest BCUT2D eigenvalue weighted by Gasteiger charge is 2.35. The summed E-state index contributed by atoms with van der Waals surface area (Å²) in [5.41, 5.74) is 3.54. The average molecular weight is 325 g/mol. The molecular weight excluding hydrogens is 302 g/mol. The van der Waals surface area contributed by atoms with Crippen LogP contribution in [-0.4, -0.2) is 67.6 Å². The lowest BCUT2D eigenvalue weighted by Crippen LogP contribution is -2.36.